The maximum Gasteiger partial charge on any atom is 0.163 e. The number of halogens is 1. The number of fused-ring (bicyclic) bond motifs is 1. The zero-order valence-electron chi connectivity index (χ0n) is 15.7. The molecule has 0 saturated carbocycles. The number of aromatic nitrogens is 3. The molecule has 2 aromatic carbocycles. The van der Waals surface area contributed by atoms with E-state index in [1.165, 1.54) is 0 Å². The van der Waals surface area contributed by atoms with E-state index in [1.807, 2.05) is 54.6 Å². The first-order valence-electron chi connectivity index (χ1n) is 9.18. The highest BCUT2D eigenvalue weighted by atomic mass is 35.5. The molecule has 0 atom stereocenters. The van der Waals surface area contributed by atoms with Crippen molar-refractivity contribution in [1.82, 2.24) is 15.0 Å². The fraction of sp³-hybridized carbons (Fsp3) is 0.182. The molecule has 28 heavy (non-hydrogen) atoms. The Morgan fingerprint density at radius 1 is 1.04 bits per heavy atom. The van der Waals surface area contributed by atoms with Crippen molar-refractivity contribution in [3.63, 3.8) is 0 Å². The topological polar surface area (TPSA) is 62.8 Å². The molecule has 0 bridgehead atoms. The number of aromatic amines is 1. The van der Waals surface area contributed by atoms with E-state index in [4.69, 9.17) is 26.3 Å². The highest BCUT2D eigenvalue weighted by molar-refractivity contribution is 6.30. The average molecular weight is 393 g/mol. The second kappa shape index (κ2) is 7.90. The first-order chi connectivity index (χ1) is 13.6. The molecule has 0 radical (unpaired) electrons. The Morgan fingerprint density at radius 2 is 1.86 bits per heavy atom. The molecule has 2 heterocycles. The molecule has 5 nitrogen and oxygen atoms in total. The van der Waals surface area contributed by atoms with Crippen molar-refractivity contribution in [2.24, 2.45) is 0 Å². The summed E-state index contributed by atoms with van der Waals surface area (Å²) >= 11 is 6.02. The third-order valence-electron chi connectivity index (χ3n) is 4.19. The summed E-state index contributed by atoms with van der Waals surface area (Å²) in [6.45, 7) is 4.57. The summed E-state index contributed by atoms with van der Waals surface area (Å²) in [4.78, 5) is 12.8. The molecule has 0 fully saturated rings. The summed E-state index contributed by atoms with van der Waals surface area (Å²) < 4.78 is 5.85. The SMILES string of the molecule is CC(C)Nc1nc(-c2ccccc2)nc2[nH]c(COc3cccc(Cl)c3)cc12. The van der Waals surface area contributed by atoms with Crippen LogP contribution in [0.2, 0.25) is 5.02 Å². The van der Waals surface area contributed by atoms with Gasteiger partial charge in [0.25, 0.3) is 0 Å². The van der Waals surface area contributed by atoms with Crippen LogP contribution in [-0.4, -0.2) is 21.0 Å². The van der Waals surface area contributed by atoms with Gasteiger partial charge in [-0.2, -0.15) is 0 Å². The van der Waals surface area contributed by atoms with E-state index in [2.05, 4.69) is 24.1 Å². The van der Waals surface area contributed by atoms with Crippen LogP contribution < -0.4 is 10.1 Å². The van der Waals surface area contributed by atoms with Crippen molar-refractivity contribution in [2.45, 2.75) is 26.5 Å². The summed E-state index contributed by atoms with van der Waals surface area (Å²) in [6, 6.07) is 19.6. The minimum absolute atomic E-state index is 0.253. The Labute approximate surface area is 168 Å². The van der Waals surface area contributed by atoms with Gasteiger partial charge in [-0.1, -0.05) is 48.0 Å². The lowest BCUT2D eigenvalue weighted by Crippen LogP contribution is -2.12. The number of nitrogens with zero attached hydrogens (tertiary/aromatic N) is 2. The van der Waals surface area contributed by atoms with Gasteiger partial charge in [0.15, 0.2) is 5.82 Å². The highest BCUT2D eigenvalue weighted by Crippen LogP contribution is 2.27. The number of hydrogen-bond donors (Lipinski definition) is 2. The van der Waals surface area contributed by atoms with Crippen molar-refractivity contribution in [2.75, 3.05) is 5.32 Å². The Morgan fingerprint density at radius 3 is 2.61 bits per heavy atom. The molecular weight excluding hydrogens is 372 g/mol. The molecule has 4 aromatic rings. The van der Waals surface area contributed by atoms with Crippen molar-refractivity contribution >= 4 is 28.5 Å². The highest BCUT2D eigenvalue weighted by Gasteiger charge is 2.13. The number of ether oxygens (including phenoxy) is 1. The van der Waals surface area contributed by atoms with Crippen LogP contribution in [0.15, 0.2) is 60.7 Å². The molecular formula is C22H21ClN4O. The molecule has 6 heteroatoms. The van der Waals surface area contributed by atoms with Crippen LogP contribution >= 0.6 is 11.6 Å². The van der Waals surface area contributed by atoms with E-state index < -0.39 is 0 Å². The van der Waals surface area contributed by atoms with E-state index in [9.17, 15) is 0 Å². The van der Waals surface area contributed by atoms with E-state index in [0.717, 1.165) is 33.9 Å². The van der Waals surface area contributed by atoms with Gasteiger partial charge in [-0.15, -0.1) is 0 Å². The maximum atomic E-state index is 6.02. The van der Waals surface area contributed by atoms with Crippen LogP contribution in [0, 0.1) is 0 Å². The third kappa shape index (κ3) is 4.10. The lowest BCUT2D eigenvalue weighted by molar-refractivity contribution is 0.302. The van der Waals surface area contributed by atoms with Crippen molar-refractivity contribution in [3.8, 4) is 17.1 Å². The number of anilines is 1. The predicted molar refractivity (Wildman–Crippen MR) is 114 cm³/mol. The second-order valence-corrected chi connectivity index (χ2v) is 7.30. The Balaban J connectivity index is 1.68. The average Bonchev–Trinajstić information content (AvgIpc) is 3.10. The van der Waals surface area contributed by atoms with Gasteiger partial charge in [-0.3, -0.25) is 0 Å². The van der Waals surface area contributed by atoms with Gasteiger partial charge in [0.1, 0.15) is 23.8 Å². The number of H-pyrrole nitrogens is 1. The second-order valence-electron chi connectivity index (χ2n) is 6.86. The van der Waals surface area contributed by atoms with Gasteiger partial charge >= 0.3 is 0 Å². The van der Waals surface area contributed by atoms with Crippen LogP contribution in [0.5, 0.6) is 5.75 Å². The van der Waals surface area contributed by atoms with Crippen LogP contribution in [-0.2, 0) is 6.61 Å². The number of benzene rings is 2. The van der Waals surface area contributed by atoms with E-state index in [-0.39, 0.29) is 6.04 Å². The zero-order valence-corrected chi connectivity index (χ0v) is 16.5. The third-order valence-corrected chi connectivity index (χ3v) is 4.43. The minimum Gasteiger partial charge on any atom is -0.487 e. The summed E-state index contributed by atoms with van der Waals surface area (Å²) in [5.74, 6) is 2.22. The van der Waals surface area contributed by atoms with Crippen LogP contribution in [0.1, 0.15) is 19.5 Å². The molecule has 0 unspecified atom stereocenters. The Kier molecular flexibility index (Phi) is 5.17. The largest absolute Gasteiger partial charge is 0.487 e. The van der Waals surface area contributed by atoms with Crippen LogP contribution in [0.25, 0.3) is 22.4 Å². The normalized spacial score (nSPS) is 11.1. The molecule has 0 spiro atoms. The lowest BCUT2D eigenvalue weighted by atomic mass is 10.2. The van der Waals surface area contributed by atoms with Gasteiger partial charge < -0.3 is 15.0 Å². The van der Waals surface area contributed by atoms with E-state index in [1.54, 1.807) is 6.07 Å². The van der Waals surface area contributed by atoms with Crippen molar-refractivity contribution in [3.05, 3.63) is 71.4 Å². The van der Waals surface area contributed by atoms with Gasteiger partial charge in [-0.05, 0) is 38.1 Å². The fourth-order valence-corrected chi connectivity index (χ4v) is 3.14. The fourth-order valence-electron chi connectivity index (χ4n) is 2.96. The molecule has 0 aliphatic carbocycles. The van der Waals surface area contributed by atoms with Gasteiger partial charge in [0.05, 0.1) is 11.1 Å². The van der Waals surface area contributed by atoms with Gasteiger partial charge in [0.2, 0.25) is 0 Å². The summed E-state index contributed by atoms with van der Waals surface area (Å²) in [5.41, 5.74) is 2.67. The maximum absolute atomic E-state index is 6.02. The monoisotopic (exact) mass is 392 g/mol. The van der Waals surface area contributed by atoms with Gasteiger partial charge in [0, 0.05) is 16.6 Å². The molecule has 0 aliphatic rings. The molecule has 0 aliphatic heterocycles. The first-order valence-corrected chi connectivity index (χ1v) is 9.56. The predicted octanol–water partition coefficient (Wildman–Crippen LogP) is 5.68. The molecule has 2 aromatic heterocycles. The first kappa shape index (κ1) is 18.3. The summed E-state index contributed by atoms with van der Waals surface area (Å²) in [5, 5.41) is 5.01. The Bertz CT molecular complexity index is 1090. The standard InChI is InChI=1S/C22H21ClN4O/c1-14(2)24-21-19-12-17(13-28-18-10-6-9-16(23)11-18)25-22(19)27-20(26-21)15-7-4-3-5-8-15/h3-12,14H,13H2,1-2H3,(H2,24,25,26,27). The van der Waals surface area contributed by atoms with Crippen LogP contribution in [0.4, 0.5) is 5.82 Å². The van der Waals surface area contributed by atoms with Crippen LogP contribution in [0.3, 0.4) is 0 Å². The number of nitrogens with one attached hydrogen (secondary N) is 2. The molecule has 2 N–H and O–H groups in total. The number of rotatable bonds is 6. The number of hydrogen-bond acceptors (Lipinski definition) is 4. The summed E-state index contributed by atoms with van der Waals surface area (Å²) in [7, 11) is 0. The van der Waals surface area contributed by atoms with Gasteiger partial charge in [-0.25, -0.2) is 9.97 Å². The molecule has 0 saturated heterocycles. The zero-order chi connectivity index (χ0) is 19.5. The van der Waals surface area contributed by atoms with E-state index in [0.29, 0.717) is 17.5 Å². The lowest BCUT2D eigenvalue weighted by Gasteiger charge is -2.11. The smallest absolute Gasteiger partial charge is 0.163 e. The molecule has 4 rings (SSSR count). The van der Waals surface area contributed by atoms with Crippen molar-refractivity contribution < 1.29 is 4.74 Å². The Hall–Kier alpha value is -3.05. The molecule has 0 amide bonds. The van der Waals surface area contributed by atoms with Crippen molar-refractivity contribution in [1.29, 1.82) is 0 Å². The quantitative estimate of drug-likeness (QED) is 0.443. The minimum atomic E-state index is 0.253. The summed E-state index contributed by atoms with van der Waals surface area (Å²) in [6.07, 6.45) is 0. The molecule has 142 valence electrons. The van der Waals surface area contributed by atoms with E-state index >= 15 is 0 Å².